The molecule has 0 bridgehead atoms. The van der Waals surface area contributed by atoms with Gasteiger partial charge in [0, 0.05) is 31.0 Å². The molecular weight excluding hydrogens is 262 g/mol. The predicted octanol–water partition coefficient (Wildman–Crippen LogP) is 3.55. The Morgan fingerprint density at radius 3 is 3.00 bits per heavy atom. The topological polar surface area (TPSA) is 45.2 Å². The molecule has 1 amide bonds. The summed E-state index contributed by atoms with van der Waals surface area (Å²) in [6.45, 7) is 8.26. The highest BCUT2D eigenvalue weighted by Gasteiger charge is 2.26. The monoisotopic (exact) mass is 289 g/mol. The summed E-state index contributed by atoms with van der Waals surface area (Å²) in [6, 6.07) is 4.18. The zero-order valence-electron chi connectivity index (χ0n) is 13.4. The summed E-state index contributed by atoms with van der Waals surface area (Å²) in [5, 5.41) is 3.36. The average Bonchev–Trinajstić information content (AvgIpc) is 2.52. The molecule has 0 saturated carbocycles. The maximum absolute atomic E-state index is 12.7. The summed E-state index contributed by atoms with van der Waals surface area (Å²) >= 11 is 0. The molecule has 21 heavy (non-hydrogen) atoms. The molecule has 1 aromatic rings. The summed E-state index contributed by atoms with van der Waals surface area (Å²) in [7, 11) is 0. The number of hydrogen-bond donors (Lipinski definition) is 1. The molecule has 1 aromatic heterocycles. The highest BCUT2D eigenvalue weighted by atomic mass is 16.2. The number of amides is 1. The molecule has 1 aliphatic rings. The Bertz CT molecular complexity index is 473. The average molecular weight is 289 g/mol. The molecule has 2 heterocycles. The van der Waals surface area contributed by atoms with Gasteiger partial charge in [0.15, 0.2) is 0 Å². The molecule has 1 unspecified atom stereocenters. The number of nitrogens with one attached hydrogen (secondary N) is 1. The molecular formula is C17H27N3O. The number of carbonyl (C=O) groups excluding carboxylic acids is 1. The fraction of sp³-hybridized carbons (Fsp3) is 0.647. The first kappa shape index (κ1) is 15.8. The minimum Gasteiger partial charge on any atom is -0.385 e. The number of piperidine rings is 1. The molecule has 0 radical (unpaired) electrons. The molecule has 1 aliphatic heterocycles. The van der Waals surface area contributed by atoms with Crippen LogP contribution in [0.25, 0.3) is 0 Å². The minimum absolute atomic E-state index is 0.0785. The van der Waals surface area contributed by atoms with Crippen LogP contribution in [0.2, 0.25) is 0 Å². The van der Waals surface area contributed by atoms with Gasteiger partial charge in [0.25, 0.3) is 5.91 Å². The number of pyridine rings is 1. The molecule has 1 saturated heterocycles. The summed E-state index contributed by atoms with van der Waals surface area (Å²) in [5.74, 6) is 0.652. The van der Waals surface area contributed by atoms with Crippen LogP contribution >= 0.6 is 0 Å². The van der Waals surface area contributed by atoms with E-state index in [0.717, 1.165) is 38.0 Å². The van der Waals surface area contributed by atoms with Crippen LogP contribution in [0.15, 0.2) is 18.3 Å². The van der Waals surface area contributed by atoms with Crippen molar-refractivity contribution in [1.29, 1.82) is 0 Å². The molecule has 116 valence electrons. The van der Waals surface area contributed by atoms with Gasteiger partial charge in [-0.2, -0.15) is 0 Å². The molecule has 0 aliphatic carbocycles. The van der Waals surface area contributed by atoms with Gasteiger partial charge < -0.3 is 10.2 Å². The van der Waals surface area contributed by atoms with Gasteiger partial charge in [-0.1, -0.05) is 20.8 Å². The van der Waals surface area contributed by atoms with Crippen molar-refractivity contribution in [2.75, 3.05) is 18.4 Å². The lowest BCUT2D eigenvalue weighted by molar-refractivity contribution is 0.0602. The Balaban J connectivity index is 2.09. The molecule has 4 nitrogen and oxygen atoms in total. The minimum atomic E-state index is 0.0785. The van der Waals surface area contributed by atoms with E-state index < -0.39 is 0 Å². The highest BCUT2D eigenvalue weighted by Crippen LogP contribution is 2.22. The van der Waals surface area contributed by atoms with Crippen molar-refractivity contribution < 1.29 is 4.79 Å². The summed E-state index contributed by atoms with van der Waals surface area (Å²) in [5.41, 5.74) is 1.54. The first-order chi connectivity index (χ1) is 10.1. The van der Waals surface area contributed by atoms with Gasteiger partial charge in [-0.25, -0.2) is 0 Å². The fourth-order valence-corrected chi connectivity index (χ4v) is 2.82. The summed E-state index contributed by atoms with van der Waals surface area (Å²) < 4.78 is 0. The highest BCUT2D eigenvalue weighted by molar-refractivity contribution is 5.93. The molecule has 1 atom stereocenters. The van der Waals surface area contributed by atoms with Crippen molar-refractivity contribution in [2.24, 2.45) is 5.92 Å². The van der Waals surface area contributed by atoms with Crippen LogP contribution < -0.4 is 5.32 Å². The second-order valence-corrected chi connectivity index (χ2v) is 6.26. The van der Waals surface area contributed by atoms with Crippen LogP contribution in [-0.2, 0) is 0 Å². The van der Waals surface area contributed by atoms with Crippen LogP contribution in [-0.4, -0.2) is 34.9 Å². The third kappa shape index (κ3) is 4.19. The number of likely N-dealkylation sites (tertiary alicyclic amines) is 1. The van der Waals surface area contributed by atoms with E-state index in [-0.39, 0.29) is 5.91 Å². The summed E-state index contributed by atoms with van der Waals surface area (Å²) in [4.78, 5) is 19.0. The Hall–Kier alpha value is -1.58. The second-order valence-electron chi connectivity index (χ2n) is 6.26. The third-order valence-electron chi connectivity index (χ3n) is 4.05. The van der Waals surface area contributed by atoms with Crippen LogP contribution in [0, 0.1) is 5.92 Å². The maximum atomic E-state index is 12.7. The van der Waals surface area contributed by atoms with E-state index in [1.54, 1.807) is 6.20 Å². The molecule has 1 N–H and O–H groups in total. The third-order valence-corrected chi connectivity index (χ3v) is 4.05. The van der Waals surface area contributed by atoms with E-state index in [1.165, 1.54) is 6.42 Å². The number of aromatic nitrogens is 1. The van der Waals surface area contributed by atoms with E-state index in [4.69, 9.17) is 0 Å². The normalized spacial score (nSPS) is 18.9. The summed E-state index contributed by atoms with van der Waals surface area (Å²) in [6.07, 6.45) is 6.20. The maximum Gasteiger partial charge on any atom is 0.272 e. The van der Waals surface area contributed by atoms with Crippen LogP contribution in [0.5, 0.6) is 0 Å². The predicted molar refractivity (Wildman–Crippen MR) is 86.5 cm³/mol. The number of hydrogen-bond acceptors (Lipinski definition) is 3. The zero-order valence-corrected chi connectivity index (χ0v) is 13.4. The smallest absolute Gasteiger partial charge is 0.272 e. The lowest BCUT2D eigenvalue weighted by Gasteiger charge is -2.35. The first-order valence-electron chi connectivity index (χ1n) is 8.12. The van der Waals surface area contributed by atoms with Crippen molar-refractivity contribution in [3.05, 3.63) is 24.0 Å². The van der Waals surface area contributed by atoms with Gasteiger partial charge in [0.2, 0.25) is 0 Å². The molecule has 0 spiro atoms. The van der Waals surface area contributed by atoms with Gasteiger partial charge in [0.1, 0.15) is 5.69 Å². The zero-order chi connectivity index (χ0) is 15.2. The van der Waals surface area contributed by atoms with Gasteiger partial charge in [0.05, 0.1) is 0 Å². The quantitative estimate of drug-likeness (QED) is 0.901. The number of nitrogens with zero attached hydrogens (tertiary/aromatic N) is 2. The van der Waals surface area contributed by atoms with Gasteiger partial charge in [-0.3, -0.25) is 9.78 Å². The molecule has 4 heteroatoms. The Kier molecular flexibility index (Phi) is 5.59. The van der Waals surface area contributed by atoms with Crippen LogP contribution in [0.3, 0.4) is 0 Å². The fourth-order valence-electron chi connectivity index (χ4n) is 2.82. The van der Waals surface area contributed by atoms with Crippen molar-refractivity contribution in [2.45, 2.75) is 52.5 Å². The van der Waals surface area contributed by atoms with Gasteiger partial charge in [-0.05, 0) is 43.7 Å². The molecule has 1 fully saturated rings. The first-order valence-corrected chi connectivity index (χ1v) is 8.12. The Morgan fingerprint density at radius 1 is 1.48 bits per heavy atom. The lowest BCUT2D eigenvalue weighted by atomic mass is 9.99. The SMILES string of the molecule is CCC1CCCCN1C(=O)c1cc(NCC(C)C)ccn1. The second kappa shape index (κ2) is 7.43. The molecule has 0 aromatic carbocycles. The molecule has 2 rings (SSSR count). The number of anilines is 1. The van der Waals surface area contributed by atoms with Crippen molar-refractivity contribution in [3.8, 4) is 0 Å². The van der Waals surface area contributed by atoms with Gasteiger partial charge in [-0.15, -0.1) is 0 Å². The van der Waals surface area contributed by atoms with E-state index in [9.17, 15) is 4.79 Å². The van der Waals surface area contributed by atoms with Crippen molar-refractivity contribution in [3.63, 3.8) is 0 Å². The standard InChI is InChI=1S/C17H27N3O/c1-4-15-7-5-6-10-20(15)17(21)16-11-14(8-9-18-16)19-12-13(2)3/h8-9,11,13,15H,4-7,10,12H2,1-3H3,(H,18,19). The van der Waals surface area contributed by atoms with Crippen LogP contribution in [0.4, 0.5) is 5.69 Å². The Morgan fingerprint density at radius 2 is 2.29 bits per heavy atom. The van der Waals surface area contributed by atoms with Gasteiger partial charge >= 0.3 is 0 Å². The lowest BCUT2D eigenvalue weighted by Crippen LogP contribution is -2.43. The number of carbonyl (C=O) groups is 1. The van der Waals surface area contributed by atoms with E-state index >= 15 is 0 Å². The van der Waals surface area contributed by atoms with Crippen molar-refractivity contribution >= 4 is 11.6 Å². The van der Waals surface area contributed by atoms with E-state index in [0.29, 0.717) is 17.7 Å². The van der Waals surface area contributed by atoms with E-state index in [1.807, 2.05) is 17.0 Å². The van der Waals surface area contributed by atoms with Crippen molar-refractivity contribution in [1.82, 2.24) is 9.88 Å². The Labute approximate surface area is 127 Å². The van der Waals surface area contributed by atoms with Crippen LogP contribution in [0.1, 0.15) is 56.9 Å². The van der Waals surface area contributed by atoms with E-state index in [2.05, 4.69) is 31.1 Å². The number of rotatable bonds is 5. The largest absolute Gasteiger partial charge is 0.385 e.